The Morgan fingerprint density at radius 2 is 1.14 bits per heavy atom. The summed E-state index contributed by atoms with van der Waals surface area (Å²) in [6, 6.07) is 27.9. The third-order valence-corrected chi connectivity index (χ3v) is 5.79. The normalized spacial score (nSPS) is 11.9. The van der Waals surface area contributed by atoms with Crippen molar-refractivity contribution in [1.82, 2.24) is 0 Å². The number of hydrogen-bond acceptors (Lipinski definition) is 2. The summed E-state index contributed by atoms with van der Waals surface area (Å²) in [5, 5.41) is 29.5. The van der Waals surface area contributed by atoms with Crippen molar-refractivity contribution in [2.45, 2.75) is 0 Å². The molecule has 0 aliphatic carbocycles. The fraction of sp³-hybridized carbons (Fsp3) is 0. The standard InChI is InChI=1S/C26H16O2/c27-21-13-12-16-8-4-10-18-23(16)25(21)19-11-5-9-17-20(15-6-2-1-3-7-15)14-22(28)26(18)24(17)19/h1-14,27-28H. The second kappa shape index (κ2) is 5.37. The first-order chi connectivity index (χ1) is 13.7. The van der Waals surface area contributed by atoms with Gasteiger partial charge in [-0.2, -0.15) is 0 Å². The molecule has 0 bridgehead atoms. The first-order valence-electron chi connectivity index (χ1n) is 9.33. The highest BCUT2D eigenvalue weighted by Crippen LogP contribution is 2.48. The maximum Gasteiger partial charge on any atom is 0.124 e. The van der Waals surface area contributed by atoms with Gasteiger partial charge >= 0.3 is 0 Å². The number of benzene rings is 6. The van der Waals surface area contributed by atoms with Crippen LogP contribution in [0, 0.1) is 0 Å². The highest BCUT2D eigenvalue weighted by Gasteiger charge is 2.19. The molecule has 2 heteroatoms. The van der Waals surface area contributed by atoms with E-state index in [0.29, 0.717) is 0 Å². The molecule has 6 aromatic carbocycles. The zero-order chi connectivity index (χ0) is 18.8. The number of phenols is 2. The largest absolute Gasteiger partial charge is 0.507 e. The molecule has 0 saturated carbocycles. The van der Waals surface area contributed by atoms with Crippen LogP contribution in [0.15, 0.2) is 84.9 Å². The fourth-order valence-electron chi connectivity index (χ4n) is 4.65. The SMILES string of the molecule is Oc1ccc2cccc3c4c(O)cc(-c5ccccc5)c5cccc(c1c23)c54. The Morgan fingerprint density at radius 3 is 1.96 bits per heavy atom. The number of phenolic OH excluding ortho intramolecular Hbond substituents is 2. The van der Waals surface area contributed by atoms with E-state index in [1.807, 2.05) is 60.7 Å². The van der Waals surface area contributed by atoms with Gasteiger partial charge in [-0.15, -0.1) is 0 Å². The lowest BCUT2D eigenvalue weighted by molar-refractivity contribution is 0.481. The second-order valence-corrected chi connectivity index (χ2v) is 7.28. The lowest BCUT2D eigenvalue weighted by Gasteiger charge is -2.18. The maximum atomic E-state index is 11.1. The van der Waals surface area contributed by atoms with Crippen LogP contribution in [0.4, 0.5) is 0 Å². The van der Waals surface area contributed by atoms with Crippen LogP contribution in [0.1, 0.15) is 0 Å². The van der Waals surface area contributed by atoms with Gasteiger partial charge in [-0.3, -0.25) is 0 Å². The molecule has 0 heterocycles. The van der Waals surface area contributed by atoms with Crippen molar-refractivity contribution in [2.24, 2.45) is 0 Å². The molecule has 0 radical (unpaired) electrons. The summed E-state index contributed by atoms with van der Waals surface area (Å²) in [5.41, 5.74) is 2.05. The fourth-order valence-corrected chi connectivity index (χ4v) is 4.65. The first-order valence-corrected chi connectivity index (χ1v) is 9.33. The summed E-state index contributed by atoms with van der Waals surface area (Å²) < 4.78 is 0. The summed E-state index contributed by atoms with van der Waals surface area (Å²) in [4.78, 5) is 0. The Balaban J connectivity index is 1.96. The minimum atomic E-state index is 0.264. The van der Waals surface area contributed by atoms with E-state index >= 15 is 0 Å². The Labute approximate surface area is 161 Å². The summed E-state index contributed by atoms with van der Waals surface area (Å²) >= 11 is 0. The van der Waals surface area contributed by atoms with Crippen molar-refractivity contribution >= 4 is 43.1 Å². The highest BCUT2D eigenvalue weighted by molar-refractivity contribution is 6.36. The van der Waals surface area contributed by atoms with Crippen LogP contribution < -0.4 is 0 Å². The summed E-state index contributed by atoms with van der Waals surface area (Å²) in [6.07, 6.45) is 0. The Hall–Kier alpha value is -3.78. The van der Waals surface area contributed by atoms with E-state index in [0.717, 1.165) is 54.2 Å². The molecule has 0 atom stereocenters. The summed E-state index contributed by atoms with van der Waals surface area (Å²) in [7, 11) is 0. The molecule has 2 N–H and O–H groups in total. The minimum absolute atomic E-state index is 0.264. The predicted molar refractivity (Wildman–Crippen MR) is 116 cm³/mol. The molecule has 0 aliphatic heterocycles. The lowest BCUT2D eigenvalue weighted by atomic mass is 9.86. The average Bonchev–Trinajstić information content (AvgIpc) is 2.74. The van der Waals surface area contributed by atoms with Gasteiger partial charge in [0.2, 0.25) is 0 Å². The van der Waals surface area contributed by atoms with Gasteiger partial charge in [-0.05, 0) is 44.8 Å². The van der Waals surface area contributed by atoms with Crippen LogP contribution in [0.3, 0.4) is 0 Å². The molecule has 6 aromatic rings. The first kappa shape index (κ1) is 15.3. The van der Waals surface area contributed by atoms with E-state index in [2.05, 4.69) is 18.2 Å². The lowest BCUT2D eigenvalue weighted by Crippen LogP contribution is -1.90. The van der Waals surface area contributed by atoms with Gasteiger partial charge in [0.05, 0.1) is 0 Å². The van der Waals surface area contributed by atoms with E-state index in [9.17, 15) is 10.2 Å². The highest BCUT2D eigenvalue weighted by atomic mass is 16.3. The molecule has 0 spiro atoms. The van der Waals surface area contributed by atoms with Crippen LogP contribution in [-0.4, -0.2) is 10.2 Å². The predicted octanol–water partition coefficient (Wildman–Crippen LogP) is 6.82. The molecule has 0 aliphatic rings. The molecule has 0 fully saturated rings. The molecular weight excluding hydrogens is 344 g/mol. The van der Waals surface area contributed by atoms with Gasteiger partial charge in [0.15, 0.2) is 0 Å². The van der Waals surface area contributed by atoms with Crippen molar-refractivity contribution < 1.29 is 10.2 Å². The molecule has 6 rings (SSSR count). The Kier molecular flexibility index (Phi) is 2.93. The molecule has 2 nitrogen and oxygen atoms in total. The van der Waals surface area contributed by atoms with Crippen molar-refractivity contribution in [3.8, 4) is 22.6 Å². The Morgan fingerprint density at radius 1 is 0.464 bits per heavy atom. The molecule has 132 valence electrons. The van der Waals surface area contributed by atoms with Crippen LogP contribution in [0.5, 0.6) is 11.5 Å². The molecule has 0 unspecified atom stereocenters. The van der Waals surface area contributed by atoms with Gasteiger partial charge in [-0.1, -0.05) is 72.8 Å². The van der Waals surface area contributed by atoms with Crippen molar-refractivity contribution in [2.75, 3.05) is 0 Å². The zero-order valence-electron chi connectivity index (χ0n) is 15.0. The second-order valence-electron chi connectivity index (χ2n) is 7.28. The third kappa shape index (κ3) is 1.87. The van der Waals surface area contributed by atoms with Gasteiger partial charge in [0, 0.05) is 21.5 Å². The van der Waals surface area contributed by atoms with E-state index in [4.69, 9.17) is 0 Å². The van der Waals surface area contributed by atoms with Gasteiger partial charge in [0.1, 0.15) is 11.5 Å². The smallest absolute Gasteiger partial charge is 0.124 e. The van der Waals surface area contributed by atoms with E-state index in [1.54, 1.807) is 6.07 Å². The number of aromatic hydroxyl groups is 2. The van der Waals surface area contributed by atoms with Crippen LogP contribution in [0.25, 0.3) is 54.2 Å². The van der Waals surface area contributed by atoms with Crippen LogP contribution >= 0.6 is 0 Å². The quantitative estimate of drug-likeness (QED) is 0.250. The Bertz CT molecular complexity index is 1510. The minimum Gasteiger partial charge on any atom is -0.507 e. The zero-order valence-corrected chi connectivity index (χ0v) is 15.0. The summed E-state index contributed by atoms with van der Waals surface area (Å²) in [6.45, 7) is 0. The van der Waals surface area contributed by atoms with Crippen molar-refractivity contribution in [3.63, 3.8) is 0 Å². The van der Waals surface area contributed by atoms with Crippen LogP contribution in [0.2, 0.25) is 0 Å². The molecule has 28 heavy (non-hydrogen) atoms. The average molecular weight is 360 g/mol. The van der Waals surface area contributed by atoms with Gasteiger partial charge in [0.25, 0.3) is 0 Å². The molecule has 0 saturated heterocycles. The van der Waals surface area contributed by atoms with E-state index in [-0.39, 0.29) is 11.5 Å². The van der Waals surface area contributed by atoms with Crippen molar-refractivity contribution in [3.05, 3.63) is 84.9 Å². The topological polar surface area (TPSA) is 40.5 Å². The number of fused-ring (bicyclic) bond motifs is 2. The number of rotatable bonds is 1. The van der Waals surface area contributed by atoms with E-state index < -0.39 is 0 Å². The van der Waals surface area contributed by atoms with Gasteiger partial charge < -0.3 is 10.2 Å². The monoisotopic (exact) mass is 360 g/mol. The third-order valence-electron chi connectivity index (χ3n) is 5.79. The van der Waals surface area contributed by atoms with Gasteiger partial charge in [-0.25, -0.2) is 0 Å². The number of hydrogen-bond donors (Lipinski definition) is 2. The summed E-state index contributed by atoms with van der Waals surface area (Å²) in [5.74, 6) is 0.531. The maximum absolute atomic E-state index is 11.1. The van der Waals surface area contributed by atoms with E-state index in [1.165, 1.54) is 0 Å². The molecule has 0 amide bonds. The molecular formula is C26H16O2. The molecule has 0 aromatic heterocycles. The van der Waals surface area contributed by atoms with Crippen LogP contribution in [-0.2, 0) is 0 Å². The van der Waals surface area contributed by atoms with Crippen molar-refractivity contribution in [1.29, 1.82) is 0 Å².